The molecule has 22 heavy (non-hydrogen) atoms. The van der Waals surface area contributed by atoms with Crippen LogP contribution in [0.1, 0.15) is 51.5 Å². The molecule has 1 aliphatic carbocycles. The van der Waals surface area contributed by atoms with Gasteiger partial charge in [0.25, 0.3) is 0 Å². The zero-order valence-electron chi connectivity index (χ0n) is 13.9. The largest absolute Gasteiger partial charge is 0.293 e. The van der Waals surface area contributed by atoms with Gasteiger partial charge < -0.3 is 0 Å². The summed E-state index contributed by atoms with van der Waals surface area (Å²) in [7, 11) is -1.91. The molecule has 4 nitrogen and oxygen atoms in total. The molecule has 1 atom stereocenters. The Kier molecular flexibility index (Phi) is 6.01. The second kappa shape index (κ2) is 7.57. The molecule has 124 valence electrons. The number of nitrogens with zero attached hydrogens (tertiary/aromatic N) is 1. The van der Waals surface area contributed by atoms with Crippen LogP contribution in [-0.4, -0.2) is 32.4 Å². The van der Waals surface area contributed by atoms with E-state index in [0.29, 0.717) is 17.0 Å². The number of hydrogen-bond acceptors (Lipinski definition) is 3. The van der Waals surface area contributed by atoms with Crippen molar-refractivity contribution in [2.24, 2.45) is 0 Å². The Balaban J connectivity index is 2.13. The third-order valence-electron chi connectivity index (χ3n) is 4.82. The van der Waals surface area contributed by atoms with Crippen LogP contribution in [0.15, 0.2) is 29.2 Å². The first-order chi connectivity index (χ1) is 10.5. The Hall–Kier alpha value is -0.910. The van der Waals surface area contributed by atoms with E-state index in [1.165, 1.54) is 38.3 Å². The summed E-state index contributed by atoms with van der Waals surface area (Å²) in [4.78, 5) is 2.92. The molecule has 5 heteroatoms. The van der Waals surface area contributed by atoms with Gasteiger partial charge in [0.15, 0.2) is 0 Å². The molecule has 1 fully saturated rings. The smallest absolute Gasteiger partial charge is 0.240 e. The van der Waals surface area contributed by atoms with Crippen LogP contribution in [0.2, 0.25) is 0 Å². The quantitative estimate of drug-likeness (QED) is 0.838. The van der Waals surface area contributed by atoms with Gasteiger partial charge in [-0.15, -0.1) is 0 Å². The van der Waals surface area contributed by atoms with E-state index < -0.39 is 10.0 Å². The summed E-state index contributed by atoms with van der Waals surface area (Å²) in [5.41, 5.74) is 1.18. The van der Waals surface area contributed by atoms with Crippen molar-refractivity contribution in [3.63, 3.8) is 0 Å². The summed E-state index contributed by atoms with van der Waals surface area (Å²) in [5, 5.41) is 0. The SMILES string of the molecule is CC[C@H](C)N(Cc1ccc(S(=O)(=O)NC)cc1)C1CCCC1. The third kappa shape index (κ3) is 4.09. The molecule has 0 bridgehead atoms. The summed E-state index contributed by atoms with van der Waals surface area (Å²) in [5.74, 6) is 0. The van der Waals surface area contributed by atoms with Crippen LogP contribution in [0.25, 0.3) is 0 Å². The lowest BCUT2D eigenvalue weighted by Crippen LogP contribution is -2.39. The first kappa shape index (κ1) is 17.4. The number of benzene rings is 1. The number of hydrogen-bond donors (Lipinski definition) is 1. The van der Waals surface area contributed by atoms with Gasteiger partial charge in [0.1, 0.15) is 0 Å². The van der Waals surface area contributed by atoms with Crippen LogP contribution >= 0.6 is 0 Å². The fourth-order valence-electron chi connectivity index (χ4n) is 3.22. The summed E-state index contributed by atoms with van der Waals surface area (Å²) in [6.07, 6.45) is 6.38. The van der Waals surface area contributed by atoms with E-state index in [-0.39, 0.29) is 0 Å². The van der Waals surface area contributed by atoms with E-state index in [9.17, 15) is 8.42 Å². The maximum Gasteiger partial charge on any atom is 0.240 e. The van der Waals surface area contributed by atoms with Gasteiger partial charge in [0, 0.05) is 18.6 Å². The monoisotopic (exact) mass is 324 g/mol. The van der Waals surface area contributed by atoms with Crippen LogP contribution in [0.5, 0.6) is 0 Å². The first-order valence-corrected chi connectivity index (χ1v) is 9.74. The molecule has 1 aromatic rings. The maximum atomic E-state index is 11.8. The van der Waals surface area contributed by atoms with Gasteiger partial charge in [-0.25, -0.2) is 13.1 Å². The van der Waals surface area contributed by atoms with Crippen molar-refractivity contribution in [2.75, 3.05) is 7.05 Å². The molecule has 0 spiro atoms. The minimum atomic E-state index is -3.34. The van der Waals surface area contributed by atoms with Gasteiger partial charge in [-0.1, -0.05) is 31.9 Å². The maximum absolute atomic E-state index is 11.8. The van der Waals surface area contributed by atoms with Gasteiger partial charge in [-0.05, 0) is 50.9 Å². The van der Waals surface area contributed by atoms with Gasteiger partial charge >= 0.3 is 0 Å². The summed E-state index contributed by atoms with van der Waals surface area (Å²) in [6.45, 7) is 5.42. The Morgan fingerprint density at radius 1 is 1.23 bits per heavy atom. The molecule has 1 N–H and O–H groups in total. The molecule has 1 aliphatic rings. The van der Waals surface area contributed by atoms with Crippen molar-refractivity contribution in [1.29, 1.82) is 0 Å². The molecule has 1 saturated carbocycles. The second-order valence-electron chi connectivity index (χ2n) is 6.22. The van der Waals surface area contributed by atoms with Gasteiger partial charge in [-0.2, -0.15) is 0 Å². The topological polar surface area (TPSA) is 49.4 Å². The predicted octanol–water partition coefficient (Wildman–Crippen LogP) is 3.14. The first-order valence-electron chi connectivity index (χ1n) is 8.26. The summed E-state index contributed by atoms with van der Waals surface area (Å²) < 4.78 is 25.9. The normalized spacial score (nSPS) is 18.0. The Bertz CT molecular complexity index is 563. The molecular formula is C17H28N2O2S. The van der Waals surface area contributed by atoms with E-state index in [1.807, 2.05) is 12.1 Å². The molecule has 0 amide bonds. The van der Waals surface area contributed by atoms with E-state index in [1.54, 1.807) is 12.1 Å². The van der Waals surface area contributed by atoms with Crippen molar-refractivity contribution in [3.05, 3.63) is 29.8 Å². The lowest BCUT2D eigenvalue weighted by Gasteiger charge is -2.34. The fourth-order valence-corrected chi connectivity index (χ4v) is 3.95. The minimum absolute atomic E-state index is 0.328. The second-order valence-corrected chi connectivity index (χ2v) is 8.11. The molecule has 0 aliphatic heterocycles. The zero-order valence-corrected chi connectivity index (χ0v) is 14.7. The average Bonchev–Trinajstić information content (AvgIpc) is 3.06. The van der Waals surface area contributed by atoms with Crippen LogP contribution in [0.4, 0.5) is 0 Å². The van der Waals surface area contributed by atoms with Gasteiger partial charge in [0.05, 0.1) is 4.90 Å². The molecule has 0 heterocycles. The molecule has 0 radical (unpaired) electrons. The van der Waals surface area contributed by atoms with Crippen LogP contribution < -0.4 is 4.72 Å². The molecule has 0 saturated heterocycles. The third-order valence-corrected chi connectivity index (χ3v) is 6.25. The minimum Gasteiger partial charge on any atom is -0.293 e. The number of nitrogens with one attached hydrogen (secondary N) is 1. The van der Waals surface area contributed by atoms with E-state index in [4.69, 9.17) is 0 Å². The van der Waals surface area contributed by atoms with Crippen molar-refractivity contribution in [2.45, 2.75) is 69.5 Å². The highest BCUT2D eigenvalue weighted by Crippen LogP contribution is 2.27. The van der Waals surface area contributed by atoms with Crippen LogP contribution in [0.3, 0.4) is 0 Å². The van der Waals surface area contributed by atoms with Crippen molar-refractivity contribution >= 4 is 10.0 Å². The lowest BCUT2D eigenvalue weighted by atomic mass is 10.1. The van der Waals surface area contributed by atoms with Gasteiger partial charge in [0.2, 0.25) is 10.0 Å². The molecule has 0 unspecified atom stereocenters. The van der Waals surface area contributed by atoms with E-state index >= 15 is 0 Å². The predicted molar refractivity (Wildman–Crippen MR) is 90.2 cm³/mol. The highest BCUT2D eigenvalue weighted by atomic mass is 32.2. The van der Waals surface area contributed by atoms with Crippen LogP contribution in [-0.2, 0) is 16.6 Å². The van der Waals surface area contributed by atoms with Crippen molar-refractivity contribution < 1.29 is 8.42 Å². The molecular weight excluding hydrogens is 296 g/mol. The number of sulfonamides is 1. The molecule has 1 aromatic carbocycles. The van der Waals surface area contributed by atoms with E-state index in [0.717, 1.165) is 13.0 Å². The summed E-state index contributed by atoms with van der Waals surface area (Å²) in [6, 6.07) is 8.51. The highest BCUT2D eigenvalue weighted by Gasteiger charge is 2.25. The Morgan fingerprint density at radius 2 is 1.82 bits per heavy atom. The zero-order chi connectivity index (χ0) is 16.2. The highest BCUT2D eigenvalue weighted by molar-refractivity contribution is 7.89. The van der Waals surface area contributed by atoms with Crippen molar-refractivity contribution in [1.82, 2.24) is 9.62 Å². The summed E-state index contributed by atoms with van der Waals surface area (Å²) >= 11 is 0. The average molecular weight is 324 g/mol. The van der Waals surface area contributed by atoms with E-state index in [2.05, 4.69) is 23.5 Å². The van der Waals surface area contributed by atoms with Gasteiger partial charge in [-0.3, -0.25) is 4.90 Å². The standard InChI is InChI=1S/C17H28N2O2S/c1-4-14(2)19(16-7-5-6-8-16)13-15-9-11-17(12-10-15)22(20,21)18-3/h9-12,14,16,18H,4-8,13H2,1-3H3/t14-/m0/s1. The molecule has 0 aromatic heterocycles. The lowest BCUT2D eigenvalue weighted by molar-refractivity contribution is 0.132. The Morgan fingerprint density at radius 3 is 2.32 bits per heavy atom. The van der Waals surface area contributed by atoms with Crippen LogP contribution in [0, 0.1) is 0 Å². The fraction of sp³-hybridized carbons (Fsp3) is 0.647. The van der Waals surface area contributed by atoms with Crippen molar-refractivity contribution in [3.8, 4) is 0 Å². The Labute approximate surface area is 135 Å². The number of rotatable bonds is 7. The molecule has 2 rings (SSSR count).